The van der Waals surface area contributed by atoms with Gasteiger partial charge in [0.15, 0.2) is 11.5 Å². The van der Waals surface area contributed by atoms with E-state index >= 15 is 0 Å². The quantitative estimate of drug-likeness (QED) is 0.713. The average Bonchev–Trinajstić information content (AvgIpc) is 3.15. The van der Waals surface area contributed by atoms with Crippen LogP contribution in [0.5, 0.6) is 11.5 Å². The summed E-state index contributed by atoms with van der Waals surface area (Å²) >= 11 is 0. The van der Waals surface area contributed by atoms with Crippen molar-refractivity contribution in [2.24, 2.45) is 0 Å². The third kappa shape index (κ3) is 4.71. The van der Waals surface area contributed by atoms with Gasteiger partial charge in [-0.15, -0.1) is 0 Å². The third-order valence-corrected chi connectivity index (χ3v) is 6.36. The van der Waals surface area contributed by atoms with Gasteiger partial charge in [0, 0.05) is 18.7 Å². The number of carbonyl (C=O) groups excluding carboxylic acids is 1. The van der Waals surface area contributed by atoms with Gasteiger partial charge >= 0.3 is 0 Å². The molecule has 2 aromatic rings. The number of benzene rings is 2. The van der Waals surface area contributed by atoms with Gasteiger partial charge in [-0.05, 0) is 49.2 Å². The molecule has 0 spiro atoms. The van der Waals surface area contributed by atoms with Crippen molar-refractivity contribution in [1.29, 1.82) is 0 Å². The third-order valence-electron chi connectivity index (χ3n) is 4.77. The molecule has 0 radical (unpaired) electrons. The van der Waals surface area contributed by atoms with Crippen LogP contribution in [0.2, 0.25) is 0 Å². The maximum absolute atomic E-state index is 12.8. The van der Waals surface area contributed by atoms with Gasteiger partial charge in [-0.25, -0.2) is 13.1 Å². The highest BCUT2D eigenvalue weighted by atomic mass is 32.2. The molecule has 7 nitrogen and oxygen atoms in total. The van der Waals surface area contributed by atoms with Crippen LogP contribution in [0.25, 0.3) is 0 Å². The molecule has 0 aromatic heterocycles. The van der Waals surface area contributed by atoms with E-state index in [4.69, 9.17) is 9.47 Å². The Morgan fingerprint density at radius 3 is 2.62 bits per heavy atom. The molecular formula is C21H26N2O5S. The zero-order valence-electron chi connectivity index (χ0n) is 16.8. The summed E-state index contributed by atoms with van der Waals surface area (Å²) in [6.45, 7) is 4.30. The number of ether oxygens (including phenoxy) is 2. The van der Waals surface area contributed by atoms with Gasteiger partial charge < -0.3 is 14.4 Å². The van der Waals surface area contributed by atoms with E-state index < -0.39 is 16.1 Å². The summed E-state index contributed by atoms with van der Waals surface area (Å²) < 4.78 is 39.1. The van der Waals surface area contributed by atoms with Crippen LogP contribution in [0.4, 0.5) is 5.69 Å². The molecule has 1 atom stereocenters. The monoisotopic (exact) mass is 418 g/mol. The zero-order valence-corrected chi connectivity index (χ0v) is 17.7. The molecule has 0 aliphatic carbocycles. The lowest BCUT2D eigenvalue weighted by Crippen LogP contribution is -2.36. The van der Waals surface area contributed by atoms with E-state index in [0.717, 1.165) is 11.3 Å². The summed E-state index contributed by atoms with van der Waals surface area (Å²) in [5, 5.41) is 0. The van der Waals surface area contributed by atoms with Crippen molar-refractivity contribution >= 4 is 21.6 Å². The van der Waals surface area contributed by atoms with Crippen LogP contribution in [-0.4, -0.2) is 40.6 Å². The van der Waals surface area contributed by atoms with Crippen molar-refractivity contribution in [3.63, 3.8) is 0 Å². The number of anilines is 1. The largest absolute Gasteiger partial charge is 0.493 e. The Bertz CT molecular complexity index is 990. The number of carbonyl (C=O) groups is 1. The molecule has 1 amide bonds. The maximum atomic E-state index is 12.8. The molecule has 1 N–H and O–H groups in total. The Balaban J connectivity index is 1.67. The van der Waals surface area contributed by atoms with Gasteiger partial charge in [0.1, 0.15) is 6.61 Å². The second kappa shape index (κ2) is 8.84. The standard InChI is InChI=1S/C21H26N2O5S/c1-4-21(24)23-12-11-16-13-17(9-10-18(16)23)29(25,26)22-15(2)14-28-20-8-6-5-7-19(20)27-3/h5-10,13,15,22H,4,11-12,14H2,1-3H3/t15-/m1/s1. The molecule has 1 aliphatic rings. The van der Waals surface area contributed by atoms with E-state index in [1.807, 2.05) is 19.1 Å². The summed E-state index contributed by atoms with van der Waals surface area (Å²) in [6.07, 6.45) is 1.07. The lowest BCUT2D eigenvalue weighted by molar-refractivity contribution is -0.118. The SMILES string of the molecule is CCC(=O)N1CCc2cc(S(=O)(=O)N[C@H](C)COc3ccccc3OC)ccc21. The Kier molecular flexibility index (Phi) is 6.44. The Morgan fingerprint density at radius 1 is 1.21 bits per heavy atom. The van der Waals surface area contributed by atoms with Gasteiger partial charge in [-0.2, -0.15) is 0 Å². The molecule has 3 rings (SSSR count). The minimum atomic E-state index is -3.71. The van der Waals surface area contributed by atoms with Gasteiger partial charge in [0.2, 0.25) is 15.9 Å². The number of hydrogen-bond donors (Lipinski definition) is 1. The van der Waals surface area contributed by atoms with Crippen LogP contribution < -0.4 is 19.1 Å². The predicted octanol–water partition coefficient (Wildman–Crippen LogP) is 2.74. The fourth-order valence-corrected chi connectivity index (χ4v) is 4.59. The fourth-order valence-electron chi connectivity index (χ4n) is 3.31. The number of para-hydroxylation sites is 2. The summed E-state index contributed by atoms with van der Waals surface area (Å²) in [6, 6.07) is 11.7. The summed E-state index contributed by atoms with van der Waals surface area (Å²) in [5.41, 5.74) is 1.66. The number of amides is 1. The summed E-state index contributed by atoms with van der Waals surface area (Å²) in [4.78, 5) is 13.9. The highest BCUT2D eigenvalue weighted by Gasteiger charge is 2.26. The van der Waals surface area contributed by atoms with Gasteiger partial charge in [-0.3, -0.25) is 4.79 Å². The minimum absolute atomic E-state index is 0.0413. The Labute approximate surface area is 171 Å². The number of fused-ring (bicyclic) bond motifs is 1. The molecule has 1 aliphatic heterocycles. The molecule has 0 saturated carbocycles. The van der Waals surface area contributed by atoms with Crippen molar-refractivity contribution in [2.75, 3.05) is 25.2 Å². The van der Waals surface area contributed by atoms with E-state index in [2.05, 4.69) is 4.72 Å². The number of nitrogens with zero attached hydrogens (tertiary/aromatic N) is 1. The smallest absolute Gasteiger partial charge is 0.240 e. The van der Waals surface area contributed by atoms with Crippen molar-refractivity contribution in [2.45, 2.75) is 37.6 Å². The van der Waals surface area contributed by atoms with E-state index in [1.54, 1.807) is 43.2 Å². The fraction of sp³-hybridized carbons (Fsp3) is 0.381. The number of methoxy groups -OCH3 is 1. The first-order valence-electron chi connectivity index (χ1n) is 9.57. The highest BCUT2D eigenvalue weighted by Crippen LogP contribution is 2.31. The average molecular weight is 419 g/mol. The first-order chi connectivity index (χ1) is 13.9. The van der Waals surface area contributed by atoms with E-state index in [9.17, 15) is 13.2 Å². The molecule has 2 aromatic carbocycles. The second-order valence-electron chi connectivity index (χ2n) is 6.92. The lowest BCUT2D eigenvalue weighted by atomic mass is 10.2. The van der Waals surface area contributed by atoms with Crippen LogP contribution in [0.3, 0.4) is 0 Å². The van der Waals surface area contributed by atoms with Crippen molar-refractivity contribution in [1.82, 2.24) is 4.72 Å². The molecule has 8 heteroatoms. The molecule has 0 bridgehead atoms. The van der Waals surface area contributed by atoms with Crippen LogP contribution in [-0.2, 0) is 21.2 Å². The second-order valence-corrected chi connectivity index (χ2v) is 8.64. The van der Waals surface area contributed by atoms with Crippen molar-refractivity contribution in [3.8, 4) is 11.5 Å². The molecule has 0 saturated heterocycles. The van der Waals surface area contributed by atoms with Crippen LogP contribution >= 0.6 is 0 Å². The van der Waals surface area contributed by atoms with E-state index in [1.165, 1.54) is 6.07 Å². The van der Waals surface area contributed by atoms with Crippen LogP contribution in [0, 0.1) is 0 Å². The first-order valence-corrected chi connectivity index (χ1v) is 11.1. The number of sulfonamides is 1. The first kappa shape index (κ1) is 21.1. The molecule has 0 unspecified atom stereocenters. The van der Waals surface area contributed by atoms with Crippen molar-refractivity contribution < 1.29 is 22.7 Å². The number of hydrogen-bond acceptors (Lipinski definition) is 5. The van der Waals surface area contributed by atoms with E-state index in [0.29, 0.717) is 30.9 Å². The predicted molar refractivity (Wildman–Crippen MR) is 111 cm³/mol. The summed E-state index contributed by atoms with van der Waals surface area (Å²) in [5.74, 6) is 1.19. The van der Waals surface area contributed by atoms with Crippen LogP contribution in [0.1, 0.15) is 25.8 Å². The van der Waals surface area contributed by atoms with Crippen molar-refractivity contribution in [3.05, 3.63) is 48.0 Å². The number of nitrogens with one attached hydrogen (secondary N) is 1. The maximum Gasteiger partial charge on any atom is 0.240 e. The lowest BCUT2D eigenvalue weighted by Gasteiger charge is -2.18. The topological polar surface area (TPSA) is 84.9 Å². The zero-order chi connectivity index (χ0) is 21.0. The van der Waals surface area contributed by atoms with Gasteiger partial charge in [-0.1, -0.05) is 19.1 Å². The molecule has 156 valence electrons. The minimum Gasteiger partial charge on any atom is -0.493 e. The Morgan fingerprint density at radius 2 is 1.93 bits per heavy atom. The highest BCUT2D eigenvalue weighted by molar-refractivity contribution is 7.89. The molecular weight excluding hydrogens is 392 g/mol. The van der Waals surface area contributed by atoms with Crippen LogP contribution in [0.15, 0.2) is 47.4 Å². The number of rotatable bonds is 8. The normalized spacial score (nSPS) is 14.4. The summed E-state index contributed by atoms with van der Waals surface area (Å²) in [7, 11) is -2.16. The van der Waals surface area contributed by atoms with Gasteiger partial charge in [0.25, 0.3) is 0 Å². The molecule has 1 heterocycles. The Hall–Kier alpha value is -2.58. The molecule has 29 heavy (non-hydrogen) atoms. The molecule has 0 fully saturated rings. The van der Waals surface area contributed by atoms with Gasteiger partial charge in [0.05, 0.1) is 18.0 Å². The van der Waals surface area contributed by atoms with E-state index in [-0.39, 0.29) is 17.4 Å².